The summed E-state index contributed by atoms with van der Waals surface area (Å²) < 4.78 is 0. The van der Waals surface area contributed by atoms with E-state index in [0.29, 0.717) is 0 Å². The molecule has 0 aromatic heterocycles. The minimum Gasteiger partial charge on any atom is -0.312 e. The smallest absolute Gasteiger partial charge is 0.0163 e. The zero-order chi connectivity index (χ0) is 12.0. The van der Waals surface area contributed by atoms with Crippen LogP contribution < -0.4 is 5.32 Å². The van der Waals surface area contributed by atoms with Crippen molar-refractivity contribution in [1.82, 2.24) is 10.2 Å². The summed E-state index contributed by atoms with van der Waals surface area (Å²) in [5, 5.41) is 3.62. The molecule has 0 aromatic carbocycles. The van der Waals surface area contributed by atoms with Crippen LogP contribution in [-0.2, 0) is 0 Å². The summed E-state index contributed by atoms with van der Waals surface area (Å²) in [6, 6.07) is 0. The van der Waals surface area contributed by atoms with Gasteiger partial charge in [-0.25, -0.2) is 0 Å². The Hall–Kier alpha value is -0.340. The number of hydrogen-bond acceptors (Lipinski definition) is 2. The number of likely N-dealkylation sites (tertiary alicyclic amines) is 1. The van der Waals surface area contributed by atoms with E-state index < -0.39 is 0 Å². The third-order valence-electron chi connectivity index (χ3n) is 3.12. The number of hydrogen-bond donors (Lipinski definition) is 1. The Morgan fingerprint density at radius 2 is 2.12 bits per heavy atom. The molecule has 0 saturated carbocycles. The Morgan fingerprint density at radius 3 is 2.75 bits per heavy atom. The highest BCUT2D eigenvalue weighted by Crippen LogP contribution is 2.16. The molecular weight excluding hydrogens is 196 g/mol. The zero-order valence-electron chi connectivity index (χ0n) is 11.4. The van der Waals surface area contributed by atoms with Gasteiger partial charge in [0.15, 0.2) is 0 Å². The van der Waals surface area contributed by atoms with E-state index in [1.165, 1.54) is 25.9 Å². The van der Waals surface area contributed by atoms with Gasteiger partial charge in [-0.15, -0.1) is 0 Å². The van der Waals surface area contributed by atoms with Crippen molar-refractivity contribution in [1.29, 1.82) is 0 Å². The molecule has 0 spiro atoms. The largest absolute Gasteiger partial charge is 0.312 e. The van der Waals surface area contributed by atoms with Gasteiger partial charge < -0.3 is 5.32 Å². The number of piperidine rings is 1. The first-order valence-corrected chi connectivity index (χ1v) is 6.60. The first kappa shape index (κ1) is 13.7. The lowest BCUT2D eigenvalue weighted by molar-refractivity contribution is 0.181. The lowest BCUT2D eigenvalue weighted by atomic mass is 9.96. The predicted octanol–water partition coefficient (Wildman–Crippen LogP) is 2.66. The van der Waals surface area contributed by atoms with Crippen LogP contribution in [-0.4, -0.2) is 36.6 Å². The Labute approximate surface area is 101 Å². The first-order chi connectivity index (χ1) is 7.51. The molecule has 0 bridgehead atoms. The molecule has 0 aliphatic carbocycles. The van der Waals surface area contributed by atoms with Crippen molar-refractivity contribution in [3.8, 4) is 0 Å². The van der Waals surface area contributed by atoms with Crippen LogP contribution in [0, 0.1) is 5.92 Å². The van der Waals surface area contributed by atoms with Crippen molar-refractivity contribution < 1.29 is 0 Å². The maximum absolute atomic E-state index is 3.62. The van der Waals surface area contributed by atoms with Crippen LogP contribution in [0.2, 0.25) is 0 Å². The Morgan fingerprint density at radius 1 is 1.38 bits per heavy atom. The van der Waals surface area contributed by atoms with Crippen LogP contribution in [0.4, 0.5) is 0 Å². The SMILES string of the molecule is CC=CCN1CCCC(CNC(C)(C)C)C1. The van der Waals surface area contributed by atoms with E-state index in [0.717, 1.165) is 19.0 Å². The van der Waals surface area contributed by atoms with Gasteiger partial charge in [-0.05, 0) is 59.5 Å². The molecule has 2 nitrogen and oxygen atoms in total. The standard InChI is InChI=1S/C14H28N2/c1-5-6-9-16-10-7-8-13(12-16)11-15-14(2,3)4/h5-6,13,15H,7-12H2,1-4H3. The second-order valence-electron chi connectivity index (χ2n) is 5.97. The second kappa shape index (κ2) is 6.41. The van der Waals surface area contributed by atoms with Crippen LogP contribution in [0.3, 0.4) is 0 Å². The van der Waals surface area contributed by atoms with E-state index in [1.54, 1.807) is 0 Å². The molecule has 94 valence electrons. The van der Waals surface area contributed by atoms with Gasteiger partial charge in [0.05, 0.1) is 0 Å². The minimum atomic E-state index is 0.256. The van der Waals surface area contributed by atoms with Crippen molar-refractivity contribution in [3.05, 3.63) is 12.2 Å². The minimum absolute atomic E-state index is 0.256. The maximum Gasteiger partial charge on any atom is 0.0163 e. The lowest BCUT2D eigenvalue weighted by Gasteiger charge is -2.34. The van der Waals surface area contributed by atoms with Gasteiger partial charge in [-0.1, -0.05) is 12.2 Å². The van der Waals surface area contributed by atoms with Gasteiger partial charge in [0.1, 0.15) is 0 Å². The molecule has 1 unspecified atom stereocenters. The van der Waals surface area contributed by atoms with E-state index in [4.69, 9.17) is 0 Å². The summed E-state index contributed by atoms with van der Waals surface area (Å²) in [4.78, 5) is 2.57. The number of nitrogens with one attached hydrogen (secondary N) is 1. The molecule has 1 N–H and O–H groups in total. The van der Waals surface area contributed by atoms with Crippen molar-refractivity contribution >= 4 is 0 Å². The van der Waals surface area contributed by atoms with Gasteiger partial charge in [-0.2, -0.15) is 0 Å². The molecule has 0 aromatic rings. The molecule has 1 aliphatic heterocycles. The van der Waals surface area contributed by atoms with Crippen LogP contribution in [0.1, 0.15) is 40.5 Å². The highest BCUT2D eigenvalue weighted by molar-refractivity contribution is 4.85. The van der Waals surface area contributed by atoms with Crippen molar-refractivity contribution in [2.45, 2.75) is 46.1 Å². The monoisotopic (exact) mass is 224 g/mol. The molecule has 1 saturated heterocycles. The van der Waals surface area contributed by atoms with Gasteiger partial charge in [0.2, 0.25) is 0 Å². The third-order valence-corrected chi connectivity index (χ3v) is 3.12. The Balaban J connectivity index is 2.27. The summed E-state index contributed by atoms with van der Waals surface area (Å²) in [6.07, 6.45) is 7.15. The average Bonchev–Trinajstić information content (AvgIpc) is 2.23. The maximum atomic E-state index is 3.62. The first-order valence-electron chi connectivity index (χ1n) is 6.60. The molecule has 0 amide bonds. The lowest BCUT2D eigenvalue weighted by Crippen LogP contribution is -2.44. The van der Waals surface area contributed by atoms with Crippen molar-refractivity contribution in [2.24, 2.45) is 5.92 Å². The second-order valence-corrected chi connectivity index (χ2v) is 5.97. The predicted molar refractivity (Wildman–Crippen MR) is 71.7 cm³/mol. The van der Waals surface area contributed by atoms with E-state index in [-0.39, 0.29) is 5.54 Å². The Bertz CT molecular complexity index is 215. The molecular formula is C14H28N2. The molecule has 0 radical (unpaired) electrons. The fourth-order valence-corrected chi connectivity index (χ4v) is 2.19. The number of allylic oxidation sites excluding steroid dienone is 1. The normalized spacial score (nSPS) is 24.1. The average molecular weight is 224 g/mol. The fraction of sp³-hybridized carbons (Fsp3) is 0.857. The summed E-state index contributed by atoms with van der Waals surface area (Å²) >= 11 is 0. The van der Waals surface area contributed by atoms with Crippen LogP contribution in [0.5, 0.6) is 0 Å². The molecule has 1 rings (SSSR count). The Kier molecular flexibility index (Phi) is 5.50. The van der Waals surface area contributed by atoms with E-state index in [9.17, 15) is 0 Å². The number of nitrogens with zero attached hydrogens (tertiary/aromatic N) is 1. The fourth-order valence-electron chi connectivity index (χ4n) is 2.19. The highest BCUT2D eigenvalue weighted by Gasteiger charge is 2.20. The van der Waals surface area contributed by atoms with Gasteiger partial charge in [0, 0.05) is 18.6 Å². The summed E-state index contributed by atoms with van der Waals surface area (Å²) in [6.45, 7) is 13.7. The topological polar surface area (TPSA) is 15.3 Å². The molecule has 1 fully saturated rings. The van der Waals surface area contributed by atoms with E-state index >= 15 is 0 Å². The third kappa shape index (κ3) is 5.66. The molecule has 2 heteroatoms. The van der Waals surface area contributed by atoms with E-state index in [2.05, 4.69) is 50.1 Å². The number of rotatable bonds is 4. The van der Waals surface area contributed by atoms with Crippen LogP contribution in [0.15, 0.2) is 12.2 Å². The summed E-state index contributed by atoms with van der Waals surface area (Å²) in [7, 11) is 0. The summed E-state index contributed by atoms with van der Waals surface area (Å²) in [5.41, 5.74) is 0.256. The molecule has 16 heavy (non-hydrogen) atoms. The zero-order valence-corrected chi connectivity index (χ0v) is 11.4. The van der Waals surface area contributed by atoms with Crippen LogP contribution in [0.25, 0.3) is 0 Å². The summed E-state index contributed by atoms with van der Waals surface area (Å²) in [5.74, 6) is 0.832. The molecule has 1 heterocycles. The van der Waals surface area contributed by atoms with Crippen molar-refractivity contribution in [2.75, 3.05) is 26.2 Å². The van der Waals surface area contributed by atoms with E-state index in [1.807, 2.05) is 0 Å². The van der Waals surface area contributed by atoms with Crippen LogP contribution >= 0.6 is 0 Å². The van der Waals surface area contributed by atoms with Gasteiger partial charge in [-0.3, -0.25) is 4.90 Å². The molecule has 1 atom stereocenters. The quantitative estimate of drug-likeness (QED) is 0.739. The highest BCUT2D eigenvalue weighted by atomic mass is 15.1. The van der Waals surface area contributed by atoms with Crippen molar-refractivity contribution in [3.63, 3.8) is 0 Å². The molecule has 1 aliphatic rings. The van der Waals surface area contributed by atoms with Gasteiger partial charge in [0.25, 0.3) is 0 Å². The van der Waals surface area contributed by atoms with Gasteiger partial charge >= 0.3 is 0 Å².